The molecule has 0 fully saturated rings. The van der Waals surface area contributed by atoms with E-state index >= 15 is 0 Å². The van der Waals surface area contributed by atoms with E-state index in [2.05, 4.69) is 10.6 Å². The van der Waals surface area contributed by atoms with Gasteiger partial charge in [-0.25, -0.2) is 4.79 Å². The molecule has 2 atom stereocenters. The summed E-state index contributed by atoms with van der Waals surface area (Å²) in [4.78, 5) is 35.9. The summed E-state index contributed by atoms with van der Waals surface area (Å²) >= 11 is 0. The predicted molar refractivity (Wildman–Crippen MR) is 108 cm³/mol. The van der Waals surface area contributed by atoms with Crippen molar-refractivity contribution in [3.8, 4) is 11.8 Å². The van der Waals surface area contributed by atoms with Crippen molar-refractivity contribution >= 4 is 23.9 Å². The van der Waals surface area contributed by atoms with E-state index in [1.54, 1.807) is 58.2 Å². The number of nitriles is 1. The number of nitrogens with one attached hydrogen (secondary N) is 2. The lowest BCUT2D eigenvalue weighted by Crippen LogP contribution is -2.50. The molecule has 0 aliphatic heterocycles. The number of benzene rings is 1. The second-order valence-electron chi connectivity index (χ2n) is 6.96. The van der Waals surface area contributed by atoms with E-state index in [0.29, 0.717) is 5.75 Å². The van der Waals surface area contributed by atoms with Crippen molar-refractivity contribution in [2.75, 3.05) is 13.7 Å². The Labute approximate surface area is 170 Å². The second-order valence-corrected chi connectivity index (χ2v) is 6.96. The number of hydrogen-bond donors (Lipinski definition) is 2. The fraction of sp³-hybridized carbons (Fsp3) is 0.429. The summed E-state index contributed by atoms with van der Waals surface area (Å²) in [6.07, 6.45) is 2.88. The smallest absolute Gasteiger partial charge is 0.328 e. The molecule has 0 saturated carbocycles. The summed E-state index contributed by atoms with van der Waals surface area (Å²) < 4.78 is 9.97. The molecule has 8 heteroatoms. The van der Waals surface area contributed by atoms with Crippen molar-refractivity contribution in [1.29, 1.82) is 5.26 Å². The summed E-state index contributed by atoms with van der Waals surface area (Å²) in [7, 11) is 1.56. The maximum atomic E-state index is 12.0. The first-order valence-corrected chi connectivity index (χ1v) is 9.12. The average Bonchev–Trinajstić information content (AvgIpc) is 2.70. The van der Waals surface area contributed by atoms with Crippen LogP contribution in [0.5, 0.6) is 5.75 Å². The molecule has 0 aliphatic rings. The van der Waals surface area contributed by atoms with Crippen LogP contribution >= 0.6 is 0 Å². The standard InChI is InChI=1S/C21H27N3O5/c1-14(2)21(4,13-22)24-19(26)12-29-20(27)15(3)23-18(25)11-8-16-6-9-17(28-5)10-7-16/h6-11,14-15H,12H2,1-5H3,(H,23,25)(H,24,26)/b11-8+/t15-,21-/m0/s1. The molecule has 0 spiro atoms. The average molecular weight is 401 g/mol. The molecule has 0 radical (unpaired) electrons. The first-order valence-electron chi connectivity index (χ1n) is 9.12. The van der Waals surface area contributed by atoms with E-state index < -0.39 is 36.0 Å². The fourth-order valence-electron chi connectivity index (χ4n) is 2.10. The molecular weight excluding hydrogens is 374 g/mol. The molecule has 0 bridgehead atoms. The van der Waals surface area contributed by atoms with E-state index in [9.17, 15) is 19.6 Å². The number of hydrogen-bond acceptors (Lipinski definition) is 6. The summed E-state index contributed by atoms with van der Waals surface area (Å²) in [5, 5.41) is 14.2. The number of esters is 1. The zero-order chi connectivity index (χ0) is 22.0. The Balaban J connectivity index is 2.48. The maximum absolute atomic E-state index is 12.0. The Hall–Kier alpha value is -3.34. The molecule has 0 aromatic heterocycles. The van der Waals surface area contributed by atoms with E-state index in [0.717, 1.165) is 5.56 Å². The fourth-order valence-corrected chi connectivity index (χ4v) is 2.10. The zero-order valence-corrected chi connectivity index (χ0v) is 17.3. The van der Waals surface area contributed by atoms with Crippen LogP contribution in [0.2, 0.25) is 0 Å². The van der Waals surface area contributed by atoms with Gasteiger partial charge < -0.3 is 20.1 Å². The Kier molecular flexibility index (Phi) is 8.87. The van der Waals surface area contributed by atoms with Gasteiger partial charge in [-0.2, -0.15) is 5.26 Å². The van der Waals surface area contributed by atoms with Crippen LogP contribution in [-0.4, -0.2) is 43.1 Å². The molecule has 2 amide bonds. The van der Waals surface area contributed by atoms with Gasteiger partial charge in [0.2, 0.25) is 5.91 Å². The number of ether oxygens (including phenoxy) is 2. The van der Waals surface area contributed by atoms with Crippen LogP contribution in [0.15, 0.2) is 30.3 Å². The highest BCUT2D eigenvalue weighted by Gasteiger charge is 2.30. The van der Waals surface area contributed by atoms with Crippen LogP contribution in [0.4, 0.5) is 0 Å². The lowest BCUT2D eigenvalue weighted by atomic mass is 9.90. The number of nitrogens with zero attached hydrogens (tertiary/aromatic N) is 1. The molecule has 1 rings (SSSR count). The largest absolute Gasteiger partial charge is 0.497 e. The van der Waals surface area contributed by atoms with Gasteiger partial charge >= 0.3 is 5.97 Å². The Morgan fingerprint density at radius 1 is 1.21 bits per heavy atom. The minimum Gasteiger partial charge on any atom is -0.497 e. The van der Waals surface area contributed by atoms with E-state index in [-0.39, 0.29) is 5.92 Å². The maximum Gasteiger partial charge on any atom is 0.328 e. The van der Waals surface area contributed by atoms with Crippen LogP contribution < -0.4 is 15.4 Å². The molecule has 156 valence electrons. The second kappa shape index (κ2) is 10.9. The van der Waals surface area contributed by atoms with E-state index in [1.165, 1.54) is 13.0 Å². The SMILES string of the molecule is COc1ccc(/C=C/C(=O)N[C@@H](C)C(=O)OCC(=O)N[C@@](C)(C#N)C(C)C)cc1. The molecule has 0 heterocycles. The lowest BCUT2D eigenvalue weighted by molar-refractivity contribution is -0.151. The van der Waals surface area contributed by atoms with Crippen LogP contribution in [0.1, 0.15) is 33.3 Å². The van der Waals surface area contributed by atoms with Gasteiger partial charge in [-0.15, -0.1) is 0 Å². The number of carbonyl (C=O) groups is 3. The quantitative estimate of drug-likeness (QED) is 0.481. The molecular formula is C21H27N3O5. The van der Waals surface area contributed by atoms with Gasteiger partial charge in [0.1, 0.15) is 17.3 Å². The van der Waals surface area contributed by atoms with E-state index in [1.807, 2.05) is 6.07 Å². The molecule has 1 aromatic rings. The van der Waals surface area contributed by atoms with Crippen LogP contribution in [0.25, 0.3) is 6.08 Å². The van der Waals surface area contributed by atoms with Gasteiger partial charge in [0.05, 0.1) is 13.2 Å². The molecule has 8 nitrogen and oxygen atoms in total. The highest BCUT2D eigenvalue weighted by Crippen LogP contribution is 2.15. The van der Waals surface area contributed by atoms with Crippen molar-refractivity contribution in [2.45, 2.75) is 39.3 Å². The topological polar surface area (TPSA) is 118 Å². The highest BCUT2D eigenvalue weighted by atomic mass is 16.5. The Morgan fingerprint density at radius 3 is 2.34 bits per heavy atom. The van der Waals surface area contributed by atoms with E-state index in [4.69, 9.17) is 9.47 Å². The lowest BCUT2D eigenvalue weighted by Gasteiger charge is -2.27. The third kappa shape index (κ3) is 7.66. The molecule has 0 aliphatic carbocycles. The minimum atomic E-state index is -1.06. The number of rotatable bonds is 9. The number of carbonyl (C=O) groups excluding carboxylic acids is 3. The molecule has 1 aromatic carbocycles. The summed E-state index contributed by atoms with van der Waals surface area (Å²) in [6.45, 7) is 6.10. The first kappa shape index (κ1) is 23.7. The normalized spacial score (nSPS) is 13.8. The zero-order valence-electron chi connectivity index (χ0n) is 17.3. The van der Waals surface area contributed by atoms with Crippen molar-refractivity contribution in [1.82, 2.24) is 10.6 Å². The predicted octanol–water partition coefficient (Wildman–Crippen LogP) is 1.81. The molecule has 0 unspecified atom stereocenters. The van der Waals surface area contributed by atoms with Crippen molar-refractivity contribution in [3.63, 3.8) is 0 Å². The molecule has 2 N–H and O–H groups in total. The molecule has 0 saturated heterocycles. The van der Waals surface area contributed by atoms with Crippen molar-refractivity contribution < 1.29 is 23.9 Å². The van der Waals surface area contributed by atoms with Gasteiger partial charge in [0.25, 0.3) is 5.91 Å². The highest BCUT2D eigenvalue weighted by molar-refractivity contribution is 5.94. The minimum absolute atomic E-state index is 0.122. The molecule has 29 heavy (non-hydrogen) atoms. The Morgan fingerprint density at radius 2 is 1.83 bits per heavy atom. The van der Waals surface area contributed by atoms with Gasteiger partial charge in [-0.05, 0) is 43.5 Å². The third-order valence-corrected chi connectivity index (χ3v) is 4.39. The number of methoxy groups -OCH3 is 1. The van der Waals surface area contributed by atoms with Gasteiger partial charge in [-0.1, -0.05) is 26.0 Å². The van der Waals surface area contributed by atoms with Crippen molar-refractivity contribution in [2.24, 2.45) is 5.92 Å². The van der Waals surface area contributed by atoms with Gasteiger partial charge in [0, 0.05) is 6.08 Å². The number of amides is 2. The van der Waals surface area contributed by atoms with Gasteiger partial charge in [-0.3, -0.25) is 9.59 Å². The summed E-state index contributed by atoms with van der Waals surface area (Å²) in [5.74, 6) is -1.24. The summed E-state index contributed by atoms with van der Waals surface area (Å²) in [5.41, 5.74) is -0.270. The first-order chi connectivity index (χ1) is 13.6. The van der Waals surface area contributed by atoms with Crippen LogP contribution in [0.3, 0.4) is 0 Å². The summed E-state index contributed by atoms with van der Waals surface area (Å²) in [6, 6.07) is 8.19. The Bertz CT molecular complexity index is 796. The van der Waals surface area contributed by atoms with Crippen molar-refractivity contribution in [3.05, 3.63) is 35.9 Å². The monoisotopic (exact) mass is 401 g/mol. The van der Waals surface area contributed by atoms with Crippen LogP contribution in [-0.2, 0) is 19.1 Å². The van der Waals surface area contributed by atoms with Gasteiger partial charge in [0.15, 0.2) is 6.61 Å². The third-order valence-electron chi connectivity index (χ3n) is 4.39. The van der Waals surface area contributed by atoms with Crippen LogP contribution in [0, 0.1) is 17.2 Å².